The third-order valence-corrected chi connectivity index (χ3v) is 1.90. The number of alkyl halides is 4. The van der Waals surface area contributed by atoms with Crippen molar-refractivity contribution in [3.05, 3.63) is 27.5 Å². The highest BCUT2D eigenvalue weighted by molar-refractivity contribution is 5.71. The second-order valence-electron chi connectivity index (χ2n) is 3.22. The van der Waals surface area contributed by atoms with E-state index in [0.29, 0.717) is 6.07 Å². The first kappa shape index (κ1) is 14.0. The molecule has 5 nitrogen and oxygen atoms in total. The SMILES string of the molecule is O=C(O)Cc1cc(=O)[nH]c(OC(F)(F)F)c1CF. The molecule has 0 bridgehead atoms. The summed E-state index contributed by atoms with van der Waals surface area (Å²) in [5, 5.41) is 8.50. The number of carboxylic acids is 1. The van der Waals surface area contributed by atoms with Gasteiger partial charge in [-0.2, -0.15) is 0 Å². The minimum absolute atomic E-state index is 0.368. The van der Waals surface area contributed by atoms with Crippen LogP contribution in [0.5, 0.6) is 5.88 Å². The van der Waals surface area contributed by atoms with Crippen LogP contribution < -0.4 is 10.3 Å². The van der Waals surface area contributed by atoms with Crippen molar-refractivity contribution >= 4 is 5.97 Å². The smallest absolute Gasteiger partial charge is 0.481 e. The first-order valence-corrected chi connectivity index (χ1v) is 4.51. The minimum atomic E-state index is -5.12. The van der Waals surface area contributed by atoms with Gasteiger partial charge >= 0.3 is 12.3 Å². The molecule has 1 aromatic heterocycles. The zero-order chi connectivity index (χ0) is 13.9. The molecule has 0 aliphatic carbocycles. The summed E-state index contributed by atoms with van der Waals surface area (Å²) < 4.78 is 52.1. The zero-order valence-corrected chi connectivity index (χ0v) is 8.68. The van der Waals surface area contributed by atoms with Gasteiger partial charge in [-0.3, -0.25) is 14.6 Å². The van der Waals surface area contributed by atoms with Gasteiger partial charge in [-0.15, -0.1) is 13.2 Å². The number of nitrogens with one attached hydrogen (secondary N) is 1. The number of carbonyl (C=O) groups is 1. The highest BCUT2D eigenvalue weighted by Crippen LogP contribution is 2.26. The quantitative estimate of drug-likeness (QED) is 0.809. The number of hydrogen-bond donors (Lipinski definition) is 2. The number of hydrogen-bond acceptors (Lipinski definition) is 3. The van der Waals surface area contributed by atoms with Crippen molar-refractivity contribution in [2.45, 2.75) is 19.5 Å². The largest absolute Gasteiger partial charge is 0.574 e. The summed E-state index contributed by atoms with van der Waals surface area (Å²) in [6, 6.07) is 0.715. The summed E-state index contributed by atoms with van der Waals surface area (Å²) in [7, 11) is 0. The van der Waals surface area contributed by atoms with E-state index < -0.39 is 42.4 Å². The minimum Gasteiger partial charge on any atom is -0.481 e. The molecule has 0 saturated heterocycles. The third kappa shape index (κ3) is 3.75. The molecule has 1 aromatic rings. The molecule has 18 heavy (non-hydrogen) atoms. The Morgan fingerprint density at radius 3 is 2.50 bits per heavy atom. The van der Waals surface area contributed by atoms with Gasteiger partial charge in [0, 0.05) is 11.6 Å². The van der Waals surface area contributed by atoms with E-state index in [2.05, 4.69) is 4.74 Å². The number of rotatable bonds is 4. The molecule has 2 N–H and O–H groups in total. The van der Waals surface area contributed by atoms with Crippen molar-refractivity contribution in [2.75, 3.05) is 0 Å². The fourth-order valence-corrected chi connectivity index (χ4v) is 1.28. The van der Waals surface area contributed by atoms with Crippen molar-refractivity contribution in [1.82, 2.24) is 4.98 Å². The molecule has 0 aliphatic rings. The topological polar surface area (TPSA) is 79.4 Å². The molecule has 0 spiro atoms. The number of ether oxygens (including phenoxy) is 1. The van der Waals surface area contributed by atoms with Gasteiger partial charge in [0.2, 0.25) is 5.88 Å². The highest BCUT2D eigenvalue weighted by Gasteiger charge is 2.33. The number of aromatic nitrogens is 1. The average Bonchev–Trinajstić information content (AvgIpc) is 2.13. The van der Waals surface area contributed by atoms with Gasteiger partial charge in [0.05, 0.1) is 6.42 Å². The van der Waals surface area contributed by atoms with Gasteiger partial charge in [-0.25, -0.2) is 4.39 Å². The van der Waals surface area contributed by atoms with Gasteiger partial charge in [0.25, 0.3) is 5.56 Å². The van der Waals surface area contributed by atoms with Crippen LogP contribution in [0.2, 0.25) is 0 Å². The maximum absolute atomic E-state index is 12.6. The predicted molar refractivity (Wildman–Crippen MR) is 49.9 cm³/mol. The maximum Gasteiger partial charge on any atom is 0.574 e. The molecule has 100 valence electrons. The van der Waals surface area contributed by atoms with Crippen LogP contribution in [0.1, 0.15) is 11.1 Å². The number of pyridine rings is 1. The summed E-state index contributed by atoms with van der Waals surface area (Å²) in [5.41, 5.74) is -2.02. The molecule has 0 atom stereocenters. The Morgan fingerprint density at radius 2 is 2.06 bits per heavy atom. The van der Waals surface area contributed by atoms with E-state index in [1.807, 2.05) is 0 Å². The summed E-state index contributed by atoms with van der Waals surface area (Å²) in [6.07, 6.45) is -5.90. The Balaban J connectivity index is 3.28. The lowest BCUT2D eigenvalue weighted by molar-refractivity contribution is -0.276. The molecule has 1 heterocycles. The molecule has 0 aromatic carbocycles. The first-order valence-electron chi connectivity index (χ1n) is 4.51. The predicted octanol–water partition coefficient (Wildman–Crippen LogP) is 1.37. The molecule has 9 heteroatoms. The van der Waals surface area contributed by atoms with Gasteiger partial charge in [0.1, 0.15) is 6.67 Å². The van der Waals surface area contributed by atoms with Crippen LogP contribution >= 0.6 is 0 Å². The normalized spacial score (nSPS) is 11.3. The summed E-state index contributed by atoms with van der Waals surface area (Å²) in [4.78, 5) is 23.1. The number of aromatic amines is 1. The molecular weight excluding hydrogens is 262 g/mol. The number of H-pyrrole nitrogens is 1. The van der Waals surface area contributed by atoms with E-state index in [1.54, 1.807) is 4.98 Å². The van der Waals surface area contributed by atoms with E-state index >= 15 is 0 Å². The standard InChI is InChI=1S/C9H7F4NO4/c10-3-5-4(2-7(16)17)1-6(15)14-8(5)18-9(11,12)13/h1H,2-3H2,(H,14,15)(H,16,17). The Hall–Kier alpha value is -2.06. The van der Waals surface area contributed by atoms with Crippen LogP contribution in [0.4, 0.5) is 17.6 Å². The monoisotopic (exact) mass is 269 g/mol. The van der Waals surface area contributed by atoms with E-state index in [9.17, 15) is 27.2 Å². The second-order valence-corrected chi connectivity index (χ2v) is 3.22. The molecule has 0 amide bonds. The second kappa shape index (κ2) is 5.07. The lowest BCUT2D eigenvalue weighted by Crippen LogP contribution is -2.22. The van der Waals surface area contributed by atoms with Crippen LogP contribution in [0, 0.1) is 0 Å². The number of halogens is 4. The van der Waals surface area contributed by atoms with E-state index in [-0.39, 0.29) is 5.56 Å². The first-order chi connectivity index (χ1) is 8.23. The average molecular weight is 269 g/mol. The van der Waals surface area contributed by atoms with Crippen molar-refractivity contribution in [3.63, 3.8) is 0 Å². The third-order valence-electron chi connectivity index (χ3n) is 1.90. The van der Waals surface area contributed by atoms with Crippen LogP contribution in [-0.2, 0) is 17.9 Å². The van der Waals surface area contributed by atoms with Crippen LogP contribution in [0.3, 0.4) is 0 Å². The van der Waals surface area contributed by atoms with Crippen molar-refractivity contribution in [1.29, 1.82) is 0 Å². The van der Waals surface area contributed by atoms with Crippen LogP contribution in [-0.4, -0.2) is 22.4 Å². The fraction of sp³-hybridized carbons (Fsp3) is 0.333. The lowest BCUT2D eigenvalue weighted by Gasteiger charge is -2.13. The van der Waals surface area contributed by atoms with Crippen molar-refractivity contribution in [2.24, 2.45) is 0 Å². The van der Waals surface area contributed by atoms with Gasteiger partial charge < -0.3 is 9.84 Å². The molecule has 0 radical (unpaired) electrons. The van der Waals surface area contributed by atoms with Crippen molar-refractivity contribution in [3.8, 4) is 5.88 Å². The van der Waals surface area contributed by atoms with Crippen LogP contribution in [0.25, 0.3) is 0 Å². The number of aliphatic carboxylic acids is 1. The van der Waals surface area contributed by atoms with E-state index in [1.165, 1.54) is 0 Å². The molecular formula is C9H7F4NO4. The molecule has 0 fully saturated rings. The molecule has 0 unspecified atom stereocenters. The Bertz CT molecular complexity index is 508. The summed E-state index contributed by atoms with van der Waals surface area (Å²) >= 11 is 0. The maximum atomic E-state index is 12.6. The van der Waals surface area contributed by atoms with Gasteiger partial charge in [-0.1, -0.05) is 0 Å². The lowest BCUT2D eigenvalue weighted by atomic mass is 10.1. The molecule has 0 aliphatic heterocycles. The highest BCUT2D eigenvalue weighted by atomic mass is 19.4. The van der Waals surface area contributed by atoms with E-state index in [0.717, 1.165) is 0 Å². The Labute approximate surface area is 97.0 Å². The van der Waals surface area contributed by atoms with Crippen LogP contribution in [0.15, 0.2) is 10.9 Å². The van der Waals surface area contributed by atoms with E-state index in [4.69, 9.17) is 5.11 Å². The Morgan fingerprint density at radius 1 is 1.44 bits per heavy atom. The summed E-state index contributed by atoms with van der Waals surface area (Å²) in [6.45, 7) is -1.40. The Kier molecular flexibility index (Phi) is 3.94. The molecule has 1 rings (SSSR count). The zero-order valence-electron chi connectivity index (χ0n) is 8.68. The number of carboxylic acid groups (broad SMARTS) is 1. The van der Waals surface area contributed by atoms with Crippen molar-refractivity contribution < 1.29 is 32.2 Å². The van der Waals surface area contributed by atoms with Gasteiger partial charge in [0.15, 0.2) is 0 Å². The molecule has 0 saturated carbocycles. The summed E-state index contributed by atoms with van der Waals surface area (Å²) in [5.74, 6) is -2.54. The fourth-order valence-electron chi connectivity index (χ4n) is 1.28. The van der Waals surface area contributed by atoms with Gasteiger partial charge in [-0.05, 0) is 5.56 Å².